The first kappa shape index (κ1) is 27.5. The number of Topliss-reactive ketones (excluding diaryl/α,β-unsaturated/α-hetero) is 1. The fourth-order valence-corrected chi connectivity index (χ4v) is 4.49. The molecule has 1 heterocycles. The Bertz CT molecular complexity index is 1350. The van der Waals surface area contributed by atoms with Crippen molar-refractivity contribution < 1.29 is 28.9 Å². The number of benzene rings is 3. The molecule has 4 rings (SSSR count). The second-order valence-electron chi connectivity index (χ2n) is 9.02. The molecule has 7 nitrogen and oxygen atoms in total. The number of likely N-dealkylation sites (tertiary alicyclic amines) is 1. The molecule has 7 heteroatoms. The van der Waals surface area contributed by atoms with Gasteiger partial charge in [0.1, 0.15) is 18.1 Å². The number of ether oxygens (including phenoxy) is 3. The quantitative estimate of drug-likeness (QED) is 0.133. The molecule has 0 radical (unpaired) electrons. The van der Waals surface area contributed by atoms with Gasteiger partial charge in [-0.05, 0) is 60.9 Å². The number of carbonyl (C=O) groups excluding carboxylic acids is 2. The maximum Gasteiger partial charge on any atom is 0.295 e. The molecule has 1 atom stereocenters. The molecular weight excluding hydrogens is 494 g/mol. The Morgan fingerprint density at radius 3 is 2.36 bits per heavy atom. The van der Waals surface area contributed by atoms with E-state index in [1.165, 1.54) is 4.90 Å². The van der Waals surface area contributed by atoms with Gasteiger partial charge in [-0.3, -0.25) is 9.59 Å². The first-order chi connectivity index (χ1) is 19.0. The summed E-state index contributed by atoms with van der Waals surface area (Å²) in [5.74, 6) is -0.0301. The predicted octanol–water partition coefficient (Wildman–Crippen LogP) is 6.06. The Labute approximate surface area is 228 Å². The minimum Gasteiger partial charge on any atom is -0.507 e. The smallest absolute Gasteiger partial charge is 0.295 e. The van der Waals surface area contributed by atoms with Crippen LogP contribution in [-0.2, 0) is 16.1 Å². The fourth-order valence-electron chi connectivity index (χ4n) is 4.49. The maximum absolute atomic E-state index is 13.4. The molecule has 0 spiro atoms. The third kappa shape index (κ3) is 6.14. The number of hydrogen-bond donors (Lipinski definition) is 1. The van der Waals surface area contributed by atoms with Gasteiger partial charge in [-0.15, -0.1) is 0 Å². The summed E-state index contributed by atoms with van der Waals surface area (Å²) in [6.07, 6.45) is 2.50. The van der Waals surface area contributed by atoms with E-state index in [0.717, 1.165) is 12.0 Å². The van der Waals surface area contributed by atoms with E-state index in [2.05, 4.69) is 6.58 Å². The number of amides is 1. The number of carbonyl (C=O) groups is 2. The molecule has 1 aliphatic rings. The lowest BCUT2D eigenvalue weighted by molar-refractivity contribution is -0.140. The lowest BCUT2D eigenvalue weighted by Gasteiger charge is -2.26. The van der Waals surface area contributed by atoms with Gasteiger partial charge in [0.2, 0.25) is 0 Å². The van der Waals surface area contributed by atoms with Crippen LogP contribution >= 0.6 is 0 Å². The van der Waals surface area contributed by atoms with Crippen LogP contribution in [0.3, 0.4) is 0 Å². The summed E-state index contributed by atoms with van der Waals surface area (Å²) in [4.78, 5) is 28.3. The zero-order valence-electron chi connectivity index (χ0n) is 22.3. The van der Waals surface area contributed by atoms with Gasteiger partial charge in [-0.25, -0.2) is 0 Å². The normalized spacial score (nSPS) is 16.3. The molecule has 0 aliphatic carbocycles. The second-order valence-corrected chi connectivity index (χ2v) is 9.02. The van der Waals surface area contributed by atoms with Crippen molar-refractivity contribution in [3.8, 4) is 17.2 Å². The largest absolute Gasteiger partial charge is 0.507 e. The zero-order valence-corrected chi connectivity index (χ0v) is 22.3. The molecule has 1 amide bonds. The van der Waals surface area contributed by atoms with Gasteiger partial charge in [0.15, 0.2) is 11.5 Å². The summed E-state index contributed by atoms with van der Waals surface area (Å²) in [6, 6.07) is 20.7. The van der Waals surface area contributed by atoms with E-state index in [1.54, 1.807) is 48.5 Å². The molecule has 1 fully saturated rings. The third-order valence-electron chi connectivity index (χ3n) is 6.28. The SMILES string of the molecule is C=CCOc1ccc(C2/C(=C(\O)c3ccc(OCCC)cc3)C(=O)C(=O)N2Cc2ccccc2)cc1OCC. The Hall–Kier alpha value is -4.52. The summed E-state index contributed by atoms with van der Waals surface area (Å²) in [7, 11) is 0. The van der Waals surface area contributed by atoms with Gasteiger partial charge in [0.25, 0.3) is 11.7 Å². The van der Waals surface area contributed by atoms with Crippen LogP contribution in [0.1, 0.15) is 43.0 Å². The Kier molecular flexibility index (Phi) is 9.05. The number of aliphatic hydroxyl groups is 1. The average molecular weight is 528 g/mol. The molecule has 202 valence electrons. The van der Waals surface area contributed by atoms with Crippen LogP contribution in [0.15, 0.2) is 91.0 Å². The highest BCUT2D eigenvalue weighted by Crippen LogP contribution is 2.43. The van der Waals surface area contributed by atoms with Crippen LogP contribution in [0.25, 0.3) is 5.76 Å². The Balaban J connectivity index is 1.82. The van der Waals surface area contributed by atoms with Crippen molar-refractivity contribution in [2.45, 2.75) is 32.9 Å². The van der Waals surface area contributed by atoms with Crippen molar-refractivity contribution in [1.82, 2.24) is 4.90 Å². The summed E-state index contributed by atoms with van der Waals surface area (Å²) >= 11 is 0. The Morgan fingerprint density at radius 1 is 0.949 bits per heavy atom. The van der Waals surface area contributed by atoms with Crippen molar-refractivity contribution in [3.63, 3.8) is 0 Å². The van der Waals surface area contributed by atoms with Gasteiger partial charge in [0, 0.05) is 12.1 Å². The standard InChI is InChI=1S/C32H33NO6/c1-4-18-38-25-15-12-23(13-16-25)30(34)28-29(24-14-17-26(39-19-5-2)27(20-24)37-6-3)33(32(36)31(28)35)21-22-10-8-7-9-11-22/h5,7-17,20,29,34H,2,4,6,18-19,21H2,1,3H3/b30-28+. The Morgan fingerprint density at radius 2 is 1.69 bits per heavy atom. The van der Waals surface area contributed by atoms with Gasteiger partial charge < -0.3 is 24.2 Å². The van der Waals surface area contributed by atoms with E-state index in [0.29, 0.717) is 48.2 Å². The van der Waals surface area contributed by atoms with Crippen LogP contribution in [-0.4, -0.2) is 41.5 Å². The first-order valence-electron chi connectivity index (χ1n) is 13.0. The zero-order chi connectivity index (χ0) is 27.8. The second kappa shape index (κ2) is 12.8. The monoisotopic (exact) mass is 527 g/mol. The highest BCUT2D eigenvalue weighted by atomic mass is 16.5. The molecule has 1 N–H and O–H groups in total. The van der Waals surface area contributed by atoms with Crippen molar-refractivity contribution in [2.75, 3.05) is 19.8 Å². The van der Waals surface area contributed by atoms with Crippen LogP contribution in [0.4, 0.5) is 0 Å². The molecule has 1 unspecified atom stereocenters. The highest BCUT2D eigenvalue weighted by Gasteiger charge is 2.46. The van der Waals surface area contributed by atoms with Crippen molar-refractivity contribution in [3.05, 3.63) is 108 Å². The first-order valence-corrected chi connectivity index (χ1v) is 13.0. The van der Waals surface area contributed by atoms with Gasteiger partial charge in [-0.2, -0.15) is 0 Å². The van der Waals surface area contributed by atoms with Gasteiger partial charge in [0.05, 0.1) is 24.8 Å². The van der Waals surface area contributed by atoms with Crippen molar-refractivity contribution >= 4 is 17.4 Å². The van der Waals surface area contributed by atoms with E-state index >= 15 is 0 Å². The topological polar surface area (TPSA) is 85.3 Å². The van der Waals surface area contributed by atoms with E-state index in [-0.39, 0.29) is 17.9 Å². The molecule has 3 aromatic carbocycles. The van der Waals surface area contributed by atoms with Crippen LogP contribution in [0.5, 0.6) is 17.2 Å². The number of aliphatic hydroxyl groups excluding tert-OH is 1. The van der Waals surface area contributed by atoms with E-state index in [9.17, 15) is 14.7 Å². The molecular formula is C32H33NO6. The van der Waals surface area contributed by atoms with Crippen molar-refractivity contribution in [1.29, 1.82) is 0 Å². The molecule has 1 aliphatic heterocycles. The van der Waals surface area contributed by atoms with E-state index in [4.69, 9.17) is 14.2 Å². The highest BCUT2D eigenvalue weighted by molar-refractivity contribution is 6.46. The van der Waals surface area contributed by atoms with Crippen molar-refractivity contribution in [2.24, 2.45) is 0 Å². The van der Waals surface area contributed by atoms with E-state index < -0.39 is 17.7 Å². The minimum atomic E-state index is -0.839. The summed E-state index contributed by atoms with van der Waals surface area (Å²) in [5, 5.41) is 11.4. The molecule has 0 bridgehead atoms. The molecule has 0 saturated carbocycles. The fraction of sp³-hybridized carbons (Fsp3) is 0.250. The summed E-state index contributed by atoms with van der Waals surface area (Å²) in [5.41, 5.74) is 1.90. The number of rotatable bonds is 12. The number of nitrogens with zero attached hydrogens (tertiary/aromatic N) is 1. The van der Waals surface area contributed by atoms with Crippen LogP contribution in [0, 0.1) is 0 Å². The van der Waals surface area contributed by atoms with Gasteiger partial charge in [-0.1, -0.05) is 56.0 Å². The lowest BCUT2D eigenvalue weighted by atomic mass is 9.94. The third-order valence-corrected chi connectivity index (χ3v) is 6.28. The molecule has 1 saturated heterocycles. The number of ketones is 1. The summed E-state index contributed by atoms with van der Waals surface area (Å²) in [6.45, 7) is 9.02. The molecule has 39 heavy (non-hydrogen) atoms. The minimum absolute atomic E-state index is 0.0142. The number of hydrogen-bond acceptors (Lipinski definition) is 6. The lowest BCUT2D eigenvalue weighted by Crippen LogP contribution is -2.29. The molecule has 0 aromatic heterocycles. The molecule has 3 aromatic rings. The van der Waals surface area contributed by atoms with Gasteiger partial charge >= 0.3 is 0 Å². The summed E-state index contributed by atoms with van der Waals surface area (Å²) < 4.78 is 17.2. The van der Waals surface area contributed by atoms with Crippen LogP contribution in [0.2, 0.25) is 0 Å². The maximum atomic E-state index is 13.4. The van der Waals surface area contributed by atoms with E-state index in [1.807, 2.05) is 44.2 Å². The van der Waals surface area contributed by atoms with Crippen LogP contribution < -0.4 is 14.2 Å². The predicted molar refractivity (Wildman–Crippen MR) is 150 cm³/mol. The average Bonchev–Trinajstić information content (AvgIpc) is 3.21.